The first kappa shape index (κ1) is 20.9. The van der Waals surface area contributed by atoms with Crippen LogP contribution in [0.25, 0.3) is 0 Å². The van der Waals surface area contributed by atoms with E-state index in [4.69, 9.17) is 4.74 Å². The van der Waals surface area contributed by atoms with Gasteiger partial charge in [0.05, 0.1) is 0 Å². The van der Waals surface area contributed by atoms with E-state index in [0.29, 0.717) is 17.9 Å². The van der Waals surface area contributed by atoms with E-state index in [0.717, 1.165) is 18.7 Å². The Morgan fingerprint density at radius 2 is 1.84 bits per heavy atom. The molecular formula is C18H21ClF2N2O2. The Morgan fingerprint density at radius 1 is 1.16 bits per heavy atom. The molecule has 0 aromatic heterocycles. The minimum atomic E-state index is -0.783. The predicted molar refractivity (Wildman–Crippen MR) is 95.6 cm³/mol. The Kier molecular flexibility index (Phi) is 8.31. The number of likely N-dealkylation sites (N-methyl/N-ethyl adjacent to an activating group) is 1. The molecule has 0 saturated carbocycles. The molecule has 25 heavy (non-hydrogen) atoms. The number of carbonyl (C=O) groups is 1. The van der Waals surface area contributed by atoms with Crippen molar-refractivity contribution in [3.8, 4) is 11.5 Å². The van der Waals surface area contributed by atoms with Gasteiger partial charge in [-0.15, -0.1) is 12.4 Å². The second-order valence-electron chi connectivity index (χ2n) is 5.37. The molecule has 0 aliphatic heterocycles. The van der Waals surface area contributed by atoms with Gasteiger partial charge in [0.25, 0.3) is 5.91 Å². The molecule has 2 aromatic carbocycles. The van der Waals surface area contributed by atoms with Crippen molar-refractivity contribution in [1.29, 1.82) is 0 Å². The lowest BCUT2D eigenvalue weighted by atomic mass is 10.2. The molecule has 0 radical (unpaired) electrons. The van der Waals surface area contributed by atoms with Crippen LogP contribution in [0.3, 0.4) is 0 Å². The summed E-state index contributed by atoms with van der Waals surface area (Å²) < 4.78 is 31.8. The number of hydrogen-bond donors (Lipinski definition) is 2. The standard InChI is InChI=1S/C18H20F2N2O2.ClH/c1-3-21-12(2)11-22-18(23)13-4-7-15(8-5-13)24-17-9-6-14(19)10-16(17)20;/h4-10,12,21H,3,11H2,1-2H3,(H,22,23);1H/t12-;/m1./s1. The molecule has 0 spiro atoms. The zero-order chi connectivity index (χ0) is 17.5. The Bertz CT molecular complexity index is 696. The van der Waals surface area contributed by atoms with E-state index in [1.807, 2.05) is 13.8 Å². The van der Waals surface area contributed by atoms with Gasteiger partial charge in [-0.3, -0.25) is 4.79 Å². The highest BCUT2D eigenvalue weighted by molar-refractivity contribution is 5.94. The highest BCUT2D eigenvalue weighted by Crippen LogP contribution is 2.25. The Hall–Kier alpha value is -2.18. The monoisotopic (exact) mass is 370 g/mol. The molecule has 0 aliphatic carbocycles. The third-order valence-corrected chi connectivity index (χ3v) is 3.36. The van der Waals surface area contributed by atoms with Gasteiger partial charge >= 0.3 is 0 Å². The summed E-state index contributed by atoms with van der Waals surface area (Å²) in [5, 5.41) is 6.03. The van der Waals surface area contributed by atoms with Gasteiger partial charge in [-0.2, -0.15) is 0 Å². The van der Waals surface area contributed by atoms with Crippen LogP contribution in [0.4, 0.5) is 8.78 Å². The lowest BCUT2D eigenvalue weighted by Gasteiger charge is -2.13. The van der Waals surface area contributed by atoms with E-state index >= 15 is 0 Å². The summed E-state index contributed by atoms with van der Waals surface area (Å²) in [6.45, 7) is 5.34. The van der Waals surface area contributed by atoms with Crippen molar-refractivity contribution in [2.45, 2.75) is 19.9 Å². The van der Waals surface area contributed by atoms with Crippen molar-refractivity contribution in [2.24, 2.45) is 0 Å². The largest absolute Gasteiger partial charge is 0.454 e. The zero-order valence-electron chi connectivity index (χ0n) is 14.0. The smallest absolute Gasteiger partial charge is 0.251 e. The molecule has 0 saturated heterocycles. The predicted octanol–water partition coefficient (Wildman–Crippen LogP) is 3.91. The van der Waals surface area contributed by atoms with Gasteiger partial charge in [-0.05, 0) is 49.9 Å². The molecule has 0 fully saturated rings. The summed E-state index contributed by atoms with van der Waals surface area (Å²) in [5.74, 6) is -1.36. The first-order chi connectivity index (χ1) is 11.5. The van der Waals surface area contributed by atoms with Gasteiger partial charge in [0.2, 0.25) is 0 Å². The number of halogens is 3. The number of rotatable bonds is 7. The zero-order valence-corrected chi connectivity index (χ0v) is 14.8. The van der Waals surface area contributed by atoms with Gasteiger partial charge in [-0.1, -0.05) is 6.92 Å². The number of carbonyl (C=O) groups excluding carboxylic acids is 1. The van der Waals surface area contributed by atoms with E-state index in [1.54, 1.807) is 24.3 Å². The van der Waals surface area contributed by atoms with Crippen LogP contribution in [-0.4, -0.2) is 25.0 Å². The average molecular weight is 371 g/mol. The van der Waals surface area contributed by atoms with Crippen molar-refractivity contribution in [2.75, 3.05) is 13.1 Å². The Morgan fingerprint density at radius 3 is 2.44 bits per heavy atom. The molecule has 1 amide bonds. The number of amides is 1. The average Bonchev–Trinajstić information content (AvgIpc) is 2.56. The molecule has 2 N–H and O–H groups in total. The fourth-order valence-electron chi connectivity index (χ4n) is 2.13. The van der Waals surface area contributed by atoms with Gasteiger partial charge in [0, 0.05) is 24.2 Å². The van der Waals surface area contributed by atoms with Gasteiger partial charge in [0.15, 0.2) is 11.6 Å². The van der Waals surface area contributed by atoms with Crippen molar-refractivity contribution in [3.05, 3.63) is 59.7 Å². The number of hydrogen-bond acceptors (Lipinski definition) is 3. The second kappa shape index (κ2) is 9.96. The topological polar surface area (TPSA) is 50.4 Å². The van der Waals surface area contributed by atoms with E-state index in [2.05, 4.69) is 10.6 Å². The maximum atomic E-state index is 13.5. The normalized spacial score (nSPS) is 11.4. The highest BCUT2D eigenvalue weighted by Gasteiger charge is 2.09. The van der Waals surface area contributed by atoms with Crippen LogP contribution in [0.5, 0.6) is 11.5 Å². The Labute approximate surface area is 152 Å². The van der Waals surface area contributed by atoms with E-state index in [1.165, 1.54) is 6.07 Å². The van der Waals surface area contributed by atoms with Crippen LogP contribution >= 0.6 is 12.4 Å². The minimum absolute atomic E-state index is 0. The molecule has 1 atom stereocenters. The summed E-state index contributed by atoms with van der Waals surface area (Å²) in [4.78, 5) is 12.0. The summed E-state index contributed by atoms with van der Waals surface area (Å²) >= 11 is 0. The minimum Gasteiger partial charge on any atom is -0.454 e. The first-order valence-electron chi connectivity index (χ1n) is 7.74. The molecule has 136 valence electrons. The van der Waals surface area contributed by atoms with E-state index in [9.17, 15) is 13.6 Å². The van der Waals surface area contributed by atoms with Crippen molar-refractivity contribution >= 4 is 18.3 Å². The quantitative estimate of drug-likeness (QED) is 0.777. The second-order valence-corrected chi connectivity index (χ2v) is 5.37. The fraction of sp³-hybridized carbons (Fsp3) is 0.278. The van der Waals surface area contributed by atoms with Crippen LogP contribution in [0, 0.1) is 11.6 Å². The van der Waals surface area contributed by atoms with Crippen LogP contribution in [0.1, 0.15) is 24.2 Å². The third kappa shape index (κ3) is 6.32. The maximum Gasteiger partial charge on any atom is 0.251 e. The maximum absolute atomic E-state index is 13.5. The number of nitrogens with one attached hydrogen (secondary N) is 2. The third-order valence-electron chi connectivity index (χ3n) is 3.36. The van der Waals surface area contributed by atoms with Gasteiger partial charge < -0.3 is 15.4 Å². The fourth-order valence-corrected chi connectivity index (χ4v) is 2.13. The van der Waals surface area contributed by atoms with Crippen LogP contribution in [0.15, 0.2) is 42.5 Å². The van der Waals surface area contributed by atoms with Crippen LogP contribution in [-0.2, 0) is 0 Å². The van der Waals surface area contributed by atoms with Crippen LogP contribution in [0.2, 0.25) is 0 Å². The number of ether oxygens (including phenoxy) is 1. The molecule has 0 aliphatic rings. The number of benzene rings is 2. The summed E-state index contributed by atoms with van der Waals surface area (Å²) in [6.07, 6.45) is 0. The van der Waals surface area contributed by atoms with Crippen LogP contribution < -0.4 is 15.4 Å². The van der Waals surface area contributed by atoms with Crippen molar-refractivity contribution in [3.63, 3.8) is 0 Å². The summed E-state index contributed by atoms with van der Waals surface area (Å²) in [5.41, 5.74) is 0.477. The van der Waals surface area contributed by atoms with Crippen molar-refractivity contribution < 1.29 is 18.3 Å². The molecular weight excluding hydrogens is 350 g/mol. The van der Waals surface area contributed by atoms with Gasteiger partial charge in [0.1, 0.15) is 11.6 Å². The first-order valence-corrected chi connectivity index (χ1v) is 7.74. The van der Waals surface area contributed by atoms with E-state index < -0.39 is 11.6 Å². The lowest BCUT2D eigenvalue weighted by Crippen LogP contribution is -2.38. The molecule has 0 bridgehead atoms. The van der Waals surface area contributed by atoms with Crippen molar-refractivity contribution in [1.82, 2.24) is 10.6 Å². The molecule has 0 heterocycles. The summed E-state index contributed by atoms with van der Waals surface area (Å²) in [7, 11) is 0. The summed E-state index contributed by atoms with van der Waals surface area (Å²) in [6, 6.07) is 9.56. The lowest BCUT2D eigenvalue weighted by molar-refractivity contribution is 0.0950. The van der Waals surface area contributed by atoms with E-state index in [-0.39, 0.29) is 30.1 Å². The Balaban J connectivity index is 0.00000312. The van der Waals surface area contributed by atoms with Gasteiger partial charge in [-0.25, -0.2) is 8.78 Å². The molecule has 2 aromatic rings. The molecule has 0 unspecified atom stereocenters. The SMILES string of the molecule is CCN[C@H](C)CNC(=O)c1ccc(Oc2ccc(F)cc2F)cc1.Cl. The molecule has 2 rings (SSSR count). The highest BCUT2D eigenvalue weighted by atomic mass is 35.5. The molecule has 7 heteroatoms. The molecule has 4 nitrogen and oxygen atoms in total.